The third-order valence-electron chi connectivity index (χ3n) is 6.13. The van der Waals surface area contributed by atoms with E-state index in [1.807, 2.05) is 0 Å². The van der Waals surface area contributed by atoms with Crippen LogP contribution in [0.3, 0.4) is 0 Å². The minimum Gasteiger partial charge on any atom is -0.379 e. The van der Waals surface area contributed by atoms with Crippen LogP contribution >= 0.6 is 0 Å². The van der Waals surface area contributed by atoms with Crippen LogP contribution in [0.25, 0.3) is 0 Å². The van der Waals surface area contributed by atoms with Gasteiger partial charge < -0.3 is 4.74 Å². The molecule has 2 rings (SSSR count). The lowest BCUT2D eigenvalue weighted by Crippen LogP contribution is -2.51. The molecule has 0 aromatic carbocycles. The predicted octanol–water partition coefficient (Wildman–Crippen LogP) is 4.17. The van der Waals surface area contributed by atoms with E-state index in [2.05, 4.69) is 37.5 Å². The third kappa shape index (κ3) is 6.36. The number of hydrogen-bond acceptors (Lipinski definition) is 3. The molecule has 1 aliphatic carbocycles. The SMILES string of the molecule is CCOC1CCC(CCC[C@H](C)N2CCN(C(C)C)CC2)CC1. The van der Waals surface area contributed by atoms with E-state index >= 15 is 0 Å². The van der Waals surface area contributed by atoms with Crippen LogP contribution in [0.4, 0.5) is 0 Å². The Hall–Kier alpha value is -0.120. The predicted molar refractivity (Wildman–Crippen MR) is 99.0 cm³/mol. The molecule has 0 radical (unpaired) electrons. The van der Waals surface area contributed by atoms with Gasteiger partial charge in [0, 0.05) is 44.9 Å². The summed E-state index contributed by atoms with van der Waals surface area (Å²) in [5.74, 6) is 0.969. The molecule has 0 aromatic rings. The lowest BCUT2D eigenvalue weighted by atomic mass is 9.84. The van der Waals surface area contributed by atoms with Crippen LogP contribution < -0.4 is 0 Å². The molecule has 3 heteroatoms. The van der Waals surface area contributed by atoms with Gasteiger partial charge in [-0.1, -0.05) is 12.8 Å². The molecule has 1 saturated heterocycles. The molecule has 2 aliphatic rings. The van der Waals surface area contributed by atoms with Crippen molar-refractivity contribution in [2.45, 2.75) is 90.8 Å². The highest BCUT2D eigenvalue weighted by atomic mass is 16.5. The highest BCUT2D eigenvalue weighted by molar-refractivity contribution is 4.79. The van der Waals surface area contributed by atoms with Crippen LogP contribution in [-0.2, 0) is 4.74 Å². The van der Waals surface area contributed by atoms with Crippen LogP contribution in [-0.4, -0.2) is 60.8 Å². The van der Waals surface area contributed by atoms with E-state index in [1.54, 1.807) is 0 Å². The first-order valence-electron chi connectivity index (χ1n) is 10.2. The first-order chi connectivity index (χ1) is 11.1. The quantitative estimate of drug-likeness (QED) is 0.666. The van der Waals surface area contributed by atoms with Gasteiger partial charge in [0.1, 0.15) is 0 Å². The summed E-state index contributed by atoms with van der Waals surface area (Å²) < 4.78 is 5.77. The Balaban J connectivity index is 1.56. The van der Waals surface area contributed by atoms with Crippen molar-refractivity contribution < 1.29 is 4.74 Å². The Bertz CT molecular complexity index is 305. The second-order valence-corrected chi connectivity index (χ2v) is 8.04. The summed E-state index contributed by atoms with van der Waals surface area (Å²) in [6.07, 6.45) is 10.2. The molecular weight excluding hydrogens is 284 g/mol. The second kappa shape index (κ2) is 10.0. The molecule has 1 saturated carbocycles. The van der Waals surface area contributed by atoms with Crippen LogP contribution in [0.1, 0.15) is 72.6 Å². The van der Waals surface area contributed by atoms with E-state index < -0.39 is 0 Å². The van der Waals surface area contributed by atoms with Crippen molar-refractivity contribution in [3.8, 4) is 0 Å². The van der Waals surface area contributed by atoms with E-state index in [9.17, 15) is 0 Å². The summed E-state index contributed by atoms with van der Waals surface area (Å²) in [5, 5.41) is 0. The average molecular weight is 325 g/mol. The van der Waals surface area contributed by atoms with Crippen molar-refractivity contribution in [2.24, 2.45) is 5.92 Å². The molecule has 0 unspecified atom stereocenters. The first-order valence-corrected chi connectivity index (χ1v) is 10.2. The maximum atomic E-state index is 5.77. The maximum absolute atomic E-state index is 5.77. The van der Waals surface area contributed by atoms with Crippen molar-refractivity contribution in [1.82, 2.24) is 9.80 Å². The van der Waals surface area contributed by atoms with E-state index in [1.165, 1.54) is 71.1 Å². The molecule has 0 spiro atoms. The van der Waals surface area contributed by atoms with E-state index in [-0.39, 0.29) is 0 Å². The summed E-state index contributed by atoms with van der Waals surface area (Å²) in [7, 11) is 0. The maximum Gasteiger partial charge on any atom is 0.0575 e. The average Bonchev–Trinajstić information content (AvgIpc) is 2.56. The largest absolute Gasteiger partial charge is 0.379 e. The lowest BCUT2D eigenvalue weighted by Gasteiger charge is -2.40. The molecule has 1 heterocycles. The van der Waals surface area contributed by atoms with Gasteiger partial charge in [-0.25, -0.2) is 0 Å². The Morgan fingerprint density at radius 3 is 2.09 bits per heavy atom. The molecule has 2 fully saturated rings. The van der Waals surface area contributed by atoms with Gasteiger partial charge >= 0.3 is 0 Å². The van der Waals surface area contributed by atoms with Crippen molar-refractivity contribution >= 4 is 0 Å². The van der Waals surface area contributed by atoms with Gasteiger partial charge in [-0.15, -0.1) is 0 Å². The number of rotatable bonds is 8. The van der Waals surface area contributed by atoms with Gasteiger partial charge in [-0.2, -0.15) is 0 Å². The monoisotopic (exact) mass is 324 g/mol. The molecular formula is C20H40N2O. The molecule has 136 valence electrons. The zero-order valence-electron chi connectivity index (χ0n) is 16.1. The van der Waals surface area contributed by atoms with Gasteiger partial charge in [-0.3, -0.25) is 9.80 Å². The van der Waals surface area contributed by atoms with E-state index in [0.717, 1.165) is 18.6 Å². The Labute approximate surface area is 144 Å². The molecule has 1 aliphatic heterocycles. The first kappa shape index (κ1) is 19.2. The van der Waals surface area contributed by atoms with Gasteiger partial charge in [0.05, 0.1) is 6.10 Å². The fourth-order valence-electron chi connectivity index (χ4n) is 4.40. The third-order valence-corrected chi connectivity index (χ3v) is 6.13. The van der Waals surface area contributed by atoms with Crippen LogP contribution in [0, 0.1) is 5.92 Å². The van der Waals surface area contributed by atoms with Crippen molar-refractivity contribution in [3.05, 3.63) is 0 Å². The highest BCUT2D eigenvalue weighted by Gasteiger charge is 2.24. The Kier molecular flexibility index (Phi) is 8.35. The zero-order valence-corrected chi connectivity index (χ0v) is 16.1. The summed E-state index contributed by atoms with van der Waals surface area (Å²) in [5.41, 5.74) is 0. The number of nitrogens with zero attached hydrogens (tertiary/aromatic N) is 2. The second-order valence-electron chi connectivity index (χ2n) is 8.04. The highest BCUT2D eigenvalue weighted by Crippen LogP contribution is 2.30. The summed E-state index contributed by atoms with van der Waals surface area (Å²) >= 11 is 0. The van der Waals surface area contributed by atoms with Gasteiger partial charge in [0.25, 0.3) is 0 Å². The Morgan fingerprint density at radius 1 is 0.913 bits per heavy atom. The minimum absolute atomic E-state index is 0.562. The molecule has 0 amide bonds. The van der Waals surface area contributed by atoms with Crippen molar-refractivity contribution in [1.29, 1.82) is 0 Å². The fraction of sp³-hybridized carbons (Fsp3) is 1.00. The summed E-state index contributed by atoms with van der Waals surface area (Å²) in [6.45, 7) is 15.1. The molecule has 0 bridgehead atoms. The number of ether oxygens (including phenoxy) is 1. The van der Waals surface area contributed by atoms with Gasteiger partial charge in [0.2, 0.25) is 0 Å². The fourth-order valence-corrected chi connectivity index (χ4v) is 4.40. The minimum atomic E-state index is 0.562. The summed E-state index contributed by atoms with van der Waals surface area (Å²) in [4.78, 5) is 5.32. The van der Waals surface area contributed by atoms with Gasteiger partial charge in [-0.05, 0) is 65.7 Å². The zero-order chi connectivity index (χ0) is 16.7. The normalized spacial score (nSPS) is 29.1. The molecule has 1 atom stereocenters. The molecule has 3 nitrogen and oxygen atoms in total. The van der Waals surface area contributed by atoms with Crippen LogP contribution in [0.15, 0.2) is 0 Å². The van der Waals surface area contributed by atoms with Gasteiger partial charge in [0.15, 0.2) is 0 Å². The van der Waals surface area contributed by atoms with E-state index in [0.29, 0.717) is 12.1 Å². The lowest BCUT2D eigenvalue weighted by molar-refractivity contribution is 0.0241. The number of piperazine rings is 1. The molecule has 0 N–H and O–H groups in total. The molecule has 0 aromatic heterocycles. The van der Waals surface area contributed by atoms with E-state index in [4.69, 9.17) is 4.74 Å². The van der Waals surface area contributed by atoms with Crippen molar-refractivity contribution in [3.63, 3.8) is 0 Å². The summed E-state index contributed by atoms with van der Waals surface area (Å²) in [6, 6.07) is 1.48. The van der Waals surface area contributed by atoms with Crippen molar-refractivity contribution in [2.75, 3.05) is 32.8 Å². The number of hydrogen-bond donors (Lipinski definition) is 0. The van der Waals surface area contributed by atoms with Crippen LogP contribution in [0.2, 0.25) is 0 Å². The van der Waals surface area contributed by atoms with Crippen LogP contribution in [0.5, 0.6) is 0 Å². The Morgan fingerprint density at radius 2 is 1.52 bits per heavy atom. The topological polar surface area (TPSA) is 15.7 Å². The molecule has 23 heavy (non-hydrogen) atoms. The standard InChI is InChI=1S/C20H40N2O/c1-5-23-20-11-9-19(10-12-20)8-6-7-18(4)22-15-13-21(14-16-22)17(2)3/h17-20H,5-16H2,1-4H3/t18-,19?,20?/m0/s1. The smallest absolute Gasteiger partial charge is 0.0575 e.